The Kier molecular flexibility index (Phi) is 6.77. The molecular weight excluding hydrogens is 473 g/mol. The highest BCUT2D eigenvalue weighted by molar-refractivity contribution is 6.31. The van der Waals surface area contributed by atoms with Crippen molar-refractivity contribution in [1.29, 1.82) is 0 Å². The van der Waals surface area contributed by atoms with Crippen LogP contribution in [0.4, 0.5) is 20.7 Å². The molecule has 2 aromatic carbocycles. The number of carbonyl (C=O) groups excluding carboxylic acids is 1. The number of halogens is 2. The van der Waals surface area contributed by atoms with Gasteiger partial charge in [0.1, 0.15) is 24.1 Å². The largest absolute Gasteiger partial charge is 0.493 e. The maximum Gasteiger partial charge on any atom is 0.320 e. The van der Waals surface area contributed by atoms with Crippen molar-refractivity contribution in [3.8, 4) is 11.5 Å². The molecule has 0 spiro atoms. The Morgan fingerprint density at radius 1 is 1.06 bits per heavy atom. The fourth-order valence-corrected chi connectivity index (χ4v) is 4.76. The monoisotopic (exact) mass is 499 g/mol. The van der Waals surface area contributed by atoms with E-state index in [2.05, 4.69) is 15.3 Å². The first-order valence-electron chi connectivity index (χ1n) is 11.8. The van der Waals surface area contributed by atoms with Crippen molar-refractivity contribution in [2.75, 3.05) is 38.6 Å². The minimum Gasteiger partial charge on any atom is -0.493 e. The summed E-state index contributed by atoms with van der Waals surface area (Å²) in [7, 11) is 1.59. The van der Waals surface area contributed by atoms with Gasteiger partial charge in [-0.15, -0.1) is 0 Å². The van der Waals surface area contributed by atoms with Gasteiger partial charge in [-0.1, -0.05) is 11.6 Å². The van der Waals surface area contributed by atoms with Gasteiger partial charge in [0, 0.05) is 56.2 Å². The van der Waals surface area contributed by atoms with E-state index in [0.717, 1.165) is 44.2 Å². The van der Waals surface area contributed by atoms with Crippen LogP contribution in [0.3, 0.4) is 0 Å². The van der Waals surface area contributed by atoms with E-state index in [1.54, 1.807) is 19.2 Å². The Labute approximate surface area is 208 Å². The average Bonchev–Trinajstić information content (AvgIpc) is 3.41. The van der Waals surface area contributed by atoms with Crippen LogP contribution in [0.1, 0.15) is 25.7 Å². The van der Waals surface area contributed by atoms with Gasteiger partial charge in [-0.2, -0.15) is 0 Å². The molecule has 3 aromatic rings. The van der Waals surface area contributed by atoms with Gasteiger partial charge in [0.25, 0.3) is 0 Å². The lowest BCUT2D eigenvalue weighted by atomic mass is 10.1. The molecule has 0 bridgehead atoms. The molecule has 0 atom stereocenters. The van der Waals surface area contributed by atoms with Gasteiger partial charge < -0.3 is 24.6 Å². The molecular formula is C25H27ClFN5O3. The second-order valence-electron chi connectivity index (χ2n) is 8.78. The first-order chi connectivity index (χ1) is 17.0. The summed E-state index contributed by atoms with van der Waals surface area (Å²) in [4.78, 5) is 25.3. The van der Waals surface area contributed by atoms with Crippen LogP contribution in [-0.2, 0) is 0 Å². The van der Waals surface area contributed by atoms with Gasteiger partial charge in [0.05, 0.1) is 17.6 Å². The number of nitrogens with one attached hydrogen (secondary N) is 1. The highest BCUT2D eigenvalue weighted by Gasteiger charge is 2.29. The summed E-state index contributed by atoms with van der Waals surface area (Å²) < 4.78 is 25.5. The number of urea groups is 1. The quantitative estimate of drug-likeness (QED) is 0.517. The number of hydrogen-bond donors (Lipinski definition) is 1. The van der Waals surface area contributed by atoms with Gasteiger partial charge in [0.2, 0.25) is 0 Å². The predicted molar refractivity (Wildman–Crippen MR) is 132 cm³/mol. The number of ether oxygens (including phenoxy) is 2. The molecule has 1 N–H and O–H groups in total. The summed E-state index contributed by atoms with van der Waals surface area (Å²) >= 11 is 5.93. The number of rotatable bonds is 5. The number of amides is 2. The van der Waals surface area contributed by atoms with Crippen LogP contribution in [-0.4, -0.2) is 65.2 Å². The minimum absolute atomic E-state index is 0.0219. The lowest BCUT2D eigenvalue weighted by Gasteiger charge is -2.34. The molecule has 2 amide bonds. The standard InChI is InChI=1S/C25H27ClFN5O3/c1-34-22-14-21-18(24(29-15-28-21)30-16-4-5-20(27)19(26)12-16)13-23(22)35-17-6-10-32(11-7-17)25(33)31-8-2-3-9-31/h4-5,12-15,17H,2-3,6-11H2,1H3,(H,28,29,30). The third-order valence-electron chi connectivity index (χ3n) is 6.49. The zero-order valence-corrected chi connectivity index (χ0v) is 20.2. The Morgan fingerprint density at radius 3 is 2.51 bits per heavy atom. The number of likely N-dealkylation sites (tertiary alicyclic amines) is 2. The molecule has 2 saturated heterocycles. The van der Waals surface area contributed by atoms with E-state index >= 15 is 0 Å². The van der Waals surface area contributed by atoms with Crippen LogP contribution in [0, 0.1) is 5.82 Å². The minimum atomic E-state index is -0.488. The van der Waals surface area contributed by atoms with E-state index in [1.807, 2.05) is 15.9 Å². The number of benzene rings is 2. The molecule has 8 nitrogen and oxygen atoms in total. The maximum atomic E-state index is 13.6. The van der Waals surface area contributed by atoms with Crippen molar-refractivity contribution in [3.05, 3.63) is 47.5 Å². The summed E-state index contributed by atoms with van der Waals surface area (Å²) in [6.45, 7) is 3.03. The van der Waals surface area contributed by atoms with E-state index < -0.39 is 5.82 Å². The molecule has 2 fully saturated rings. The smallest absolute Gasteiger partial charge is 0.320 e. The van der Waals surface area contributed by atoms with Crippen LogP contribution < -0.4 is 14.8 Å². The zero-order valence-electron chi connectivity index (χ0n) is 19.5. The third-order valence-corrected chi connectivity index (χ3v) is 6.78. The van der Waals surface area contributed by atoms with Crippen molar-refractivity contribution in [3.63, 3.8) is 0 Å². The van der Waals surface area contributed by atoms with Crippen LogP contribution in [0.2, 0.25) is 5.02 Å². The fourth-order valence-electron chi connectivity index (χ4n) is 4.58. The fraction of sp³-hybridized carbons (Fsp3) is 0.400. The van der Waals surface area contributed by atoms with E-state index in [0.29, 0.717) is 41.6 Å². The molecule has 2 aliphatic heterocycles. The van der Waals surface area contributed by atoms with Gasteiger partial charge in [-0.25, -0.2) is 19.2 Å². The van der Waals surface area contributed by atoms with Gasteiger partial charge >= 0.3 is 6.03 Å². The van der Waals surface area contributed by atoms with Gasteiger partial charge in [-0.3, -0.25) is 0 Å². The Balaban J connectivity index is 1.33. The molecule has 0 radical (unpaired) electrons. The number of carbonyl (C=O) groups is 1. The van der Waals surface area contributed by atoms with Gasteiger partial charge in [0.15, 0.2) is 11.5 Å². The second-order valence-corrected chi connectivity index (χ2v) is 9.18. The van der Waals surface area contributed by atoms with E-state index in [-0.39, 0.29) is 17.2 Å². The summed E-state index contributed by atoms with van der Waals surface area (Å²) in [6.07, 6.45) is 5.06. The SMILES string of the molecule is COc1cc2ncnc(Nc3ccc(F)c(Cl)c3)c2cc1OC1CCN(C(=O)N2CCCC2)CC1. The Morgan fingerprint density at radius 2 is 1.80 bits per heavy atom. The van der Waals surface area contributed by atoms with Gasteiger partial charge in [-0.05, 0) is 37.1 Å². The maximum absolute atomic E-state index is 13.6. The highest BCUT2D eigenvalue weighted by Crippen LogP contribution is 2.36. The van der Waals surface area contributed by atoms with Crippen LogP contribution in [0.15, 0.2) is 36.7 Å². The first-order valence-corrected chi connectivity index (χ1v) is 12.1. The number of fused-ring (bicyclic) bond motifs is 1. The molecule has 2 aliphatic rings. The molecule has 0 saturated carbocycles. The van der Waals surface area contributed by atoms with Crippen LogP contribution in [0.25, 0.3) is 10.9 Å². The number of methoxy groups -OCH3 is 1. The third kappa shape index (κ3) is 5.05. The topological polar surface area (TPSA) is 79.8 Å². The summed E-state index contributed by atoms with van der Waals surface area (Å²) in [5.74, 6) is 1.21. The summed E-state index contributed by atoms with van der Waals surface area (Å²) in [6, 6.07) is 8.19. The first kappa shape index (κ1) is 23.4. The van der Waals surface area contributed by atoms with Crippen molar-refractivity contribution in [2.24, 2.45) is 0 Å². The Bertz CT molecular complexity index is 1230. The molecule has 3 heterocycles. The van der Waals surface area contributed by atoms with Crippen molar-refractivity contribution in [2.45, 2.75) is 31.8 Å². The van der Waals surface area contributed by atoms with Crippen molar-refractivity contribution >= 4 is 40.0 Å². The zero-order chi connectivity index (χ0) is 24.4. The van der Waals surface area contributed by atoms with Crippen molar-refractivity contribution < 1.29 is 18.7 Å². The van der Waals surface area contributed by atoms with E-state index in [4.69, 9.17) is 21.1 Å². The van der Waals surface area contributed by atoms with Crippen molar-refractivity contribution in [1.82, 2.24) is 19.8 Å². The normalized spacial score (nSPS) is 16.5. The van der Waals surface area contributed by atoms with Crippen LogP contribution in [0.5, 0.6) is 11.5 Å². The lowest BCUT2D eigenvalue weighted by molar-refractivity contribution is 0.0963. The number of anilines is 2. The average molecular weight is 500 g/mol. The number of aromatic nitrogens is 2. The molecule has 10 heteroatoms. The summed E-state index contributed by atoms with van der Waals surface area (Å²) in [5.41, 5.74) is 1.27. The number of nitrogens with zero attached hydrogens (tertiary/aromatic N) is 4. The molecule has 0 aliphatic carbocycles. The molecule has 0 unspecified atom stereocenters. The second kappa shape index (κ2) is 10.1. The molecule has 5 rings (SSSR count). The highest BCUT2D eigenvalue weighted by atomic mass is 35.5. The summed E-state index contributed by atoms with van der Waals surface area (Å²) in [5, 5.41) is 3.93. The predicted octanol–water partition coefficient (Wildman–Crippen LogP) is 5.23. The Hall–Kier alpha value is -3.33. The number of hydrogen-bond acceptors (Lipinski definition) is 6. The molecule has 35 heavy (non-hydrogen) atoms. The molecule has 1 aromatic heterocycles. The van der Waals surface area contributed by atoms with E-state index in [9.17, 15) is 9.18 Å². The van der Waals surface area contributed by atoms with E-state index in [1.165, 1.54) is 18.5 Å². The number of piperidine rings is 1. The lowest BCUT2D eigenvalue weighted by Crippen LogP contribution is -2.47. The van der Waals surface area contributed by atoms with Crippen LogP contribution >= 0.6 is 11.6 Å². The molecule has 184 valence electrons.